The molecule has 0 aliphatic heterocycles. The van der Waals surface area contributed by atoms with Crippen molar-refractivity contribution in [3.05, 3.63) is 41.6 Å². The van der Waals surface area contributed by atoms with Crippen molar-refractivity contribution in [3.63, 3.8) is 0 Å². The maximum absolute atomic E-state index is 12.7. The lowest BCUT2D eigenvalue weighted by molar-refractivity contribution is 0.628. The Morgan fingerprint density at radius 2 is 2.00 bits per heavy atom. The first-order valence-electron chi connectivity index (χ1n) is 4.58. The van der Waals surface area contributed by atoms with Crippen molar-refractivity contribution in [2.45, 2.75) is 12.8 Å². The summed E-state index contributed by atoms with van der Waals surface area (Å²) in [6.45, 7) is 1.92. The van der Waals surface area contributed by atoms with Crippen LogP contribution in [0.4, 0.5) is 4.39 Å². The van der Waals surface area contributed by atoms with Gasteiger partial charge in [-0.05, 0) is 31.2 Å². The first-order chi connectivity index (χ1) is 7.20. The Kier molecular flexibility index (Phi) is 2.73. The van der Waals surface area contributed by atoms with E-state index in [-0.39, 0.29) is 5.82 Å². The second kappa shape index (κ2) is 4.03. The summed E-state index contributed by atoms with van der Waals surface area (Å²) in [6, 6.07) is 6.25. The third-order valence-corrected chi connectivity index (χ3v) is 2.43. The topological polar surface area (TPSA) is 28.7 Å². The number of aromatic nitrogens is 2. The summed E-state index contributed by atoms with van der Waals surface area (Å²) in [5.74, 6) is 0.833. The van der Waals surface area contributed by atoms with E-state index < -0.39 is 0 Å². The summed E-state index contributed by atoms with van der Waals surface area (Å²) >= 11 is 5.67. The molecule has 78 valence electrons. The first kappa shape index (κ1) is 10.2. The van der Waals surface area contributed by atoms with Crippen molar-refractivity contribution in [1.82, 2.24) is 9.97 Å². The van der Waals surface area contributed by atoms with Crippen molar-refractivity contribution in [3.8, 4) is 11.3 Å². The van der Waals surface area contributed by atoms with Crippen LogP contribution in [0.25, 0.3) is 11.3 Å². The molecule has 1 N–H and O–H groups in total. The van der Waals surface area contributed by atoms with Crippen LogP contribution in [-0.2, 0) is 5.88 Å². The molecule has 1 aromatic heterocycles. The minimum Gasteiger partial charge on any atom is -0.345 e. The van der Waals surface area contributed by atoms with E-state index in [1.165, 1.54) is 12.1 Å². The molecule has 0 unspecified atom stereocenters. The van der Waals surface area contributed by atoms with E-state index in [2.05, 4.69) is 9.97 Å². The predicted molar refractivity (Wildman–Crippen MR) is 58.3 cm³/mol. The van der Waals surface area contributed by atoms with Crippen LogP contribution in [0, 0.1) is 12.7 Å². The van der Waals surface area contributed by atoms with Crippen LogP contribution >= 0.6 is 11.6 Å². The van der Waals surface area contributed by atoms with Crippen molar-refractivity contribution < 1.29 is 4.39 Å². The summed E-state index contributed by atoms with van der Waals surface area (Å²) in [6.07, 6.45) is 0. The van der Waals surface area contributed by atoms with E-state index in [0.29, 0.717) is 5.88 Å². The first-order valence-corrected chi connectivity index (χ1v) is 5.11. The van der Waals surface area contributed by atoms with Gasteiger partial charge in [-0.3, -0.25) is 0 Å². The van der Waals surface area contributed by atoms with E-state index in [0.717, 1.165) is 22.8 Å². The molecule has 0 aliphatic carbocycles. The molecule has 1 heterocycles. The quantitative estimate of drug-likeness (QED) is 0.780. The molecule has 0 saturated heterocycles. The molecule has 2 rings (SSSR count). The fraction of sp³-hybridized carbons (Fsp3) is 0.182. The van der Waals surface area contributed by atoms with Crippen LogP contribution in [0.5, 0.6) is 0 Å². The number of halogens is 2. The minimum absolute atomic E-state index is 0.246. The zero-order valence-electron chi connectivity index (χ0n) is 8.22. The Morgan fingerprint density at radius 1 is 1.33 bits per heavy atom. The number of benzene rings is 1. The van der Waals surface area contributed by atoms with E-state index in [9.17, 15) is 4.39 Å². The maximum atomic E-state index is 12.7. The van der Waals surface area contributed by atoms with Crippen LogP contribution in [0.3, 0.4) is 0 Å². The number of rotatable bonds is 2. The van der Waals surface area contributed by atoms with Gasteiger partial charge in [0.15, 0.2) is 0 Å². The van der Waals surface area contributed by atoms with Gasteiger partial charge in [-0.2, -0.15) is 0 Å². The molecule has 2 nitrogen and oxygen atoms in total. The summed E-state index contributed by atoms with van der Waals surface area (Å²) in [4.78, 5) is 7.39. The molecule has 0 saturated carbocycles. The summed E-state index contributed by atoms with van der Waals surface area (Å²) < 4.78 is 12.7. The van der Waals surface area contributed by atoms with E-state index in [4.69, 9.17) is 11.6 Å². The maximum Gasteiger partial charge on any atom is 0.123 e. The van der Waals surface area contributed by atoms with Crippen molar-refractivity contribution in [2.75, 3.05) is 0 Å². The molecule has 15 heavy (non-hydrogen) atoms. The Balaban J connectivity index is 2.44. The molecule has 0 atom stereocenters. The second-order valence-corrected chi connectivity index (χ2v) is 3.56. The van der Waals surface area contributed by atoms with Crippen molar-refractivity contribution in [1.29, 1.82) is 0 Å². The number of aryl methyl sites for hydroxylation is 1. The lowest BCUT2D eigenvalue weighted by Gasteiger charge is -1.97. The molecule has 2 aromatic rings. The molecule has 0 amide bonds. The smallest absolute Gasteiger partial charge is 0.123 e. The lowest BCUT2D eigenvalue weighted by Crippen LogP contribution is -1.82. The number of H-pyrrole nitrogens is 1. The number of alkyl halides is 1. The fourth-order valence-electron chi connectivity index (χ4n) is 1.47. The average molecular weight is 225 g/mol. The second-order valence-electron chi connectivity index (χ2n) is 3.30. The monoisotopic (exact) mass is 224 g/mol. The molecule has 0 radical (unpaired) electrons. The highest BCUT2D eigenvalue weighted by Gasteiger charge is 2.07. The van der Waals surface area contributed by atoms with E-state index >= 15 is 0 Å². The van der Waals surface area contributed by atoms with Crippen molar-refractivity contribution >= 4 is 11.6 Å². The molecule has 1 aromatic carbocycles. The molecular formula is C11H10ClFN2. The highest BCUT2D eigenvalue weighted by molar-refractivity contribution is 6.16. The third-order valence-electron chi connectivity index (χ3n) is 2.18. The summed E-state index contributed by atoms with van der Waals surface area (Å²) in [5.41, 5.74) is 2.66. The Labute approximate surface area is 92.1 Å². The van der Waals surface area contributed by atoms with Gasteiger partial charge in [0.2, 0.25) is 0 Å². The van der Waals surface area contributed by atoms with E-state index in [1.807, 2.05) is 6.92 Å². The SMILES string of the molecule is Cc1[nH]c(CCl)nc1-c1ccc(F)cc1. The Morgan fingerprint density at radius 3 is 2.53 bits per heavy atom. The van der Waals surface area contributed by atoms with Gasteiger partial charge in [-0.1, -0.05) is 0 Å². The third kappa shape index (κ3) is 2.02. The lowest BCUT2D eigenvalue weighted by atomic mass is 10.1. The van der Waals surface area contributed by atoms with Gasteiger partial charge in [0.05, 0.1) is 11.6 Å². The van der Waals surface area contributed by atoms with Crippen molar-refractivity contribution in [2.24, 2.45) is 0 Å². The number of nitrogens with zero attached hydrogens (tertiary/aromatic N) is 1. The molecule has 0 bridgehead atoms. The van der Waals surface area contributed by atoms with Gasteiger partial charge < -0.3 is 4.98 Å². The van der Waals surface area contributed by atoms with Gasteiger partial charge in [-0.25, -0.2) is 9.37 Å². The van der Waals surface area contributed by atoms with Gasteiger partial charge in [0.25, 0.3) is 0 Å². The van der Waals surface area contributed by atoms with Gasteiger partial charge >= 0.3 is 0 Å². The number of imidazole rings is 1. The normalized spacial score (nSPS) is 10.6. The molecule has 0 aliphatic rings. The zero-order chi connectivity index (χ0) is 10.8. The molecular weight excluding hydrogens is 215 g/mol. The van der Waals surface area contributed by atoms with Crippen LogP contribution in [-0.4, -0.2) is 9.97 Å². The largest absolute Gasteiger partial charge is 0.345 e. The summed E-state index contributed by atoms with van der Waals surface area (Å²) in [7, 11) is 0. The standard InChI is InChI=1S/C11H10ClFN2/c1-7-11(15-10(6-12)14-7)8-2-4-9(13)5-3-8/h2-5H,6H2,1H3,(H,14,15). The van der Waals surface area contributed by atoms with E-state index in [1.54, 1.807) is 12.1 Å². The van der Waals surface area contributed by atoms with Crippen LogP contribution in [0.1, 0.15) is 11.5 Å². The number of aromatic amines is 1. The molecule has 4 heteroatoms. The predicted octanol–water partition coefficient (Wildman–Crippen LogP) is 3.26. The zero-order valence-corrected chi connectivity index (χ0v) is 8.98. The Hall–Kier alpha value is -1.35. The summed E-state index contributed by atoms with van der Waals surface area (Å²) in [5, 5.41) is 0. The van der Waals surface area contributed by atoms with Crippen LogP contribution in [0.2, 0.25) is 0 Å². The highest BCUT2D eigenvalue weighted by atomic mass is 35.5. The highest BCUT2D eigenvalue weighted by Crippen LogP contribution is 2.21. The average Bonchev–Trinajstić information content (AvgIpc) is 2.61. The van der Waals surface area contributed by atoms with Gasteiger partial charge in [0, 0.05) is 11.3 Å². The molecule has 0 spiro atoms. The van der Waals surface area contributed by atoms with Crippen LogP contribution < -0.4 is 0 Å². The molecule has 0 fully saturated rings. The number of hydrogen-bond donors (Lipinski definition) is 1. The number of nitrogens with one attached hydrogen (secondary N) is 1. The van der Waals surface area contributed by atoms with Gasteiger partial charge in [-0.15, -0.1) is 11.6 Å². The van der Waals surface area contributed by atoms with Crippen LogP contribution in [0.15, 0.2) is 24.3 Å². The number of hydrogen-bond acceptors (Lipinski definition) is 1. The van der Waals surface area contributed by atoms with Gasteiger partial charge in [0.1, 0.15) is 11.6 Å². The minimum atomic E-state index is -0.246. The fourth-order valence-corrected chi connectivity index (χ4v) is 1.60. The Bertz CT molecular complexity index is 462.